The first-order valence-corrected chi connectivity index (χ1v) is 4.58. The highest BCUT2D eigenvalue weighted by Crippen LogP contribution is 2.34. The third kappa shape index (κ3) is 2.25. The molecule has 1 heterocycles. The molecule has 0 radical (unpaired) electrons. The summed E-state index contributed by atoms with van der Waals surface area (Å²) in [6, 6.07) is 1.30. The Hall–Kier alpha value is -0.610. The molecule has 0 aliphatic heterocycles. The Kier molecular flexibility index (Phi) is 3.89. The zero-order chi connectivity index (χ0) is 10.7. The average molecular weight is 242 g/mol. The number of nitrogens with zero attached hydrogens (tertiary/aromatic N) is 1. The van der Waals surface area contributed by atoms with Gasteiger partial charge in [0.15, 0.2) is 0 Å². The fraction of sp³-hybridized carbons (Fsp3) is 0.375. The van der Waals surface area contributed by atoms with Gasteiger partial charge in [-0.3, -0.25) is 0 Å². The maximum atomic E-state index is 12.5. The second-order valence-electron chi connectivity index (χ2n) is 2.45. The fourth-order valence-electron chi connectivity index (χ4n) is 0.971. The summed E-state index contributed by atoms with van der Waals surface area (Å²) in [4.78, 5) is 3.77. The number of halogens is 4. The van der Waals surface area contributed by atoms with Crippen LogP contribution in [0.3, 0.4) is 0 Å². The summed E-state index contributed by atoms with van der Waals surface area (Å²) in [7, 11) is 1.25. The summed E-state index contributed by atoms with van der Waals surface area (Å²) >= 11 is 11.1. The van der Waals surface area contributed by atoms with Crippen molar-refractivity contribution in [2.75, 3.05) is 7.11 Å². The minimum atomic E-state index is -2.71. The molecule has 0 unspecified atom stereocenters. The van der Waals surface area contributed by atoms with E-state index in [1.807, 2.05) is 0 Å². The predicted molar refractivity (Wildman–Crippen MR) is 50.3 cm³/mol. The molecule has 0 saturated carbocycles. The van der Waals surface area contributed by atoms with E-state index in [1.54, 1.807) is 0 Å². The quantitative estimate of drug-likeness (QED) is 0.757. The van der Waals surface area contributed by atoms with Crippen LogP contribution in [-0.2, 0) is 5.88 Å². The Morgan fingerprint density at radius 3 is 2.64 bits per heavy atom. The fourth-order valence-corrected chi connectivity index (χ4v) is 1.40. The summed E-state index contributed by atoms with van der Waals surface area (Å²) in [5.74, 6) is -0.0808. The molecule has 0 aliphatic carbocycles. The molecule has 0 fully saturated rings. The van der Waals surface area contributed by atoms with Crippen LogP contribution in [0, 0.1) is 0 Å². The van der Waals surface area contributed by atoms with E-state index in [0.717, 1.165) is 0 Å². The van der Waals surface area contributed by atoms with E-state index in [1.165, 1.54) is 13.2 Å². The van der Waals surface area contributed by atoms with Crippen LogP contribution in [0.5, 0.6) is 5.88 Å². The van der Waals surface area contributed by atoms with Crippen LogP contribution in [0.15, 0.2) is 6.07 Å². The van der Waals surface area contributed by atoms with Crippen LogP contribution in [0.25, 0.3) is 0 Å². The molecule has 1 aromatic heterocycles. The van der Waals surface area contributed by atoms with Crippen molar-refractivity contribution in [3.8, 4) is 5.88 Å². The van der Waals surface area contributed by atoms with E-state index in [2.05, 4.69) is 4.98 Å². The highest BCUT2D eigenvalue weighted by molar-refractivity contribution is 6.31. The Morgan fingerprint density at radius 1 is 1.57 bits per heavy atom. The number of rotatable bonds is 3. The molecule has 0 atom stereocenters. The van der Waals surface area contributed by atoms with Gasteiger partial charge >= 0.3 is 0 Å². The number of alkyl halides is 3. The number of aromatic nitrogens is 1. The smallest absolute Gasteiger partial charge is 0.270 e. The SMILES string of the molecule is COc1nc(CCl)cc(Cl)c1C(F)F. The van der Waals surface area contributed by atoms with Gasteiger partial charge in [-0.05, 0) is 6.07 Å². The molecule has 0 aliphatic rings. The van der Waals surface area contributed by atoms with Crippen molar-refractivity contribution in [3.05, 3.63) is 22.3 Å². The van der Waals surface area contributed by atoms with Gasteiger partial charge in [0.25, 0.3) is 6.43 Å². The second-order valence-corrected chi connectivity index (χ2v) is 3.13. The van der Waals surface area contributed by atoms with Gasteiger partial charge in [0, 0.05) is 0 Å². The predicted octanol–water partition coefficient (Wildman–Crippen LogP) is 3.42. The van der Waals surface area contributed by atoms with Gasteiger partial charge in [-0.1, -0.05) is 11.6 Å². The molecule has 14 heavy (non-hydrogen) atoms. The monoisotopic (exact) mass is 241 g/mol. The van der Waals surface area contributed by atoms with E-state index >= 15 is 0 Å². The van der Waals surface area contributed by atoms with Crippen LogP contribution in [-0.4, -0.2) is 12.1 Å². The van der Waals surface area contributed by atoms with Crippen LogP contribution in [0.1, 0.15) is 17.7 Å². The molecule has 0 amide bonds. The maximum absolute atomic E-state index is 12.5. The van der Waals surface area contributed by atoms with Gasteiger partial charge in [-0.2, -0.15) is 0 Å². The maximum Gasteiger partial charge on any atom is 0.270 e. The Labute approximate surface area is 89.8 Å². The van der Waals surface area contributed by atoms with Gasteiger partial charge in [-0.25, -0.2) is 13.8 Å². The van der Waals surface area contributed by atoms with E-state index in [0.29, 0.717) is 5.69 Å². The molecular formula is C8H7Cl2F2NO. The van der Waals surface area contributed by atoms with Gasteiger partial charge in [0.2, 0.25) is 5.88 Å². The highest BCUT2D eigenvalue weighted by atomic mass is 35.5. The lowest BCUT2D eigenvalue weighted by molar-refractivity contribution is 0.146. The second kappa shape index (κ2) is 4.75. The molecule has 1 rings (SSSR count). The summed E-state index contributed by atoms with van der Waals surface area (Å²) in [6.07, 6.45) is -2.71. The minimum Gasteiger partial charge on any atom is -0.481 e. The zero-order valence-corrected chi connectivity index (χ0v) is 8.74. The van der Waals surface area contributed by atoms with E-state index < -0.39 is 12.0 Å². The molecule has 1 aromatic rings. The third-order valence-electron chi connectivity index (χ3n) is 1.57. The Morgan fingerprint density at radius 2 is 2.21 bits per heavy atom. The van der Waals surface area contributed by atoms with Crippen molar-refractivity contribution in [2.45, 2.75) is 12.3 Å². The van der Waals surface area contributed by atoms with Crippen molar-refractivity contribution < 1.29 is 13.5 Å². The molecule has 0 saturated heterocycles. The van der Waals surface area contributed by atoms with Gasteiger partial charge in [0.05, 0.1) is 29.3 Å². The van der Waals surface area contributed by atoms with E-state index in [9.17, 15) is 8.78 Å². The van der Waals surface area contributed by atoms with Crippen molar-refractivity contribution in [2.24, 2.45) is 0 Å². The lowest BCUT2D eigenvalue weighted by Crippen LogP contribution is -1.99. The van der Waals surface area contributed by atoms with Crippen LogP contribution in [0.2, 0.25) is 5.02 Å². The molecule has 0 spiro atoms. The summed E-state index contributed by atoms with van der Waals surface area (Å²) in [5, 5.41) is -0.0810. The number of hydrogen-bond acceptors (Lipinski definition) is 2. The molecule has 0 bridgehead atoms. The molecule has 6 heteroatoms. The molecule has 0 N–H and O–H groups in total. The highest BCUT2D eigenvalue weighted by Gasteiger charge is 2.20. The topological polar surface area (TPSA) is 22.1 Å². The Bertz CT molecular complexity index is 333. The van der Waals surface area contributed by atoms with Crippen LogP contribution in [0.4, 0.5) is 8.78 Å². The van der Waals surface area contributed by atoms with Crippen LogP contribution < -0.4 is 4.74 Å². The zero-order valence-electron chi connectivity index (χ0n) is 7.23. The van der Waals surface area contributed by atoms with Gasteiger partial charge in [-0.15, -0.1) is 11.6 Å². The van der Waals surface area contributed by atoms with Crippen molar-refractivity contribution in [3.63, 3.8) is 0 Å². The van der Waals surface area contributed by atoms with Gasteiger partial charge in [0.1, 0.15) is 0 Å². The normalized spacial score (nSPS) is 10.7. The van der Waals surface area contributed by atoms with Crippen molar-refractivity contribution >= 4 is 23.2 Å². The number of methoxy groups -OCH3 is 1. The third-order valence-corrected chi connectivity index (χ3v) is 2.16. The largest absolute Gasteiger partial charge is 0.481 e. The van der Waals surface area contributed by atoms with Crippen LogP contribution >= 0.6 is 23.2 Å². The molecular weight excluding hydrogens is 235 g/mol. The summed E-state index contributed by atoms with van der Waals surface area (Å²) in [6.45, 7) is 0. The first-order chi connectivity index (χ1) is 6.60. The number of pyridine rings is 1. The molecule has 2 nitrogen and oxygen atoms in total. The van der Waals surface area contributed by atoms with E-state index in [-0.39, 0.29) is 16.8 Å². The first-order valence-electron chi connectivity index (χ1n) is 3.67. The first kappa shape index (κ1) is 11.5. The van der Waals surface area contributed by atoms with Crippen molar-refractivity contribution in [1.29, 1.82) is 0 Å². The van der Waals surface area contributed by atoms with E-state index in [4.69, 9.17) is 27.9 Å². The lowest BCUT2D eigenvalue weighted by Gasteiger charge is -2.09. The summed E-state index contributed by atoms with van der Waals surface area (Å²) in [5.41, 5.74) is 0.000880. The average Bonchev–Trinajstić information content (AvgIpc) is 2.15. The number of ether oxygens (including phenoxy) is 1. The molecule has 78 valence electrons. The van der Waals surface area contributed by atoms with Crippen molar-refractivity contribution in [1.82, 2.24) is 4.98 Å². The molecule has 0 aromatic carbocycles. The minimum absolute atomic E-state index is 0.0810. The Balaban J connectivity index is 3.27. The standard InChI is InChI=1S/C8H7Cl2F2NO/c1-14-8-6(7(11)12)5(10)2-4(3-9)13-8/h2,7H,3H2,1H3. The number of hydrogen-bond donors (Lipinski definition) is 0. The summed E-state index contributed by atoms with van der Waals surface area (Å²) < 4.78 is 29.6. The lowest BCUT2D eigenvalue weighted by atomic mass is 10.2. The van der Waals surface area contributed by atoms with Gasteiger partial charge < -0.3 is 4.74 Å².